The van der Waals surface area contributed by atoms with Crippen LogP contribution in [0.1, 0.15) is 33.6 Å². The first-order valence-electron chi connectivity index (χ1n) is 8.20. The molecule has 1 aromatic carbocycles. The minimum absolute atomic E-state index is 0. The molecule has 1 fully saturated rings. The van der Waals surface area contributed by atoms with Crippen LogP contribution in [0.3, 0.4) is 0 Å². The standard InChI is InChI=1S/C16H21N3O5S.ClH/c1-17-6-7-18-15(20)11-4-5-13-14(9-11)25(22,23)19(16(13)21)10-12-3-2-8-24-12;/h4-5,9,12,17H,2-3,6-8,10H2,1H3,(H,18,20);1H. The Labute approximate surface area is 158 Å². The fourth-order valence-corrected chi connectivity index (χ4v) is 4.60. The molecule has 10 heteroatoms. The molecular formula is C16H22ClN3O5S. The summed E-state index contributed by atoms with van der Waals surface area (Å²) in [7, 11) is -2.19. The minimum Gasteiger partial charge on any atom is -0.376 e. The number of benzene rings is 1. The normalized spacial score (nSPS) is 20.6. The lowest BCUT2D eigenvalue weighted by molar-refractivity contribution is 0.0707. The largest absolute Gasteiger partial charge is 0.376 e. The van der Waals surface area contributed by atoms with Crippen molar-refractivity contribution in [3.8, 4) is 0 Å². The Morgan fingerprint density at radius 3 is 2.77 bits per heavy atom. The third-order valence-electron chi connectivity index (χ3n) is 4.32. The van der Waals surface area contributed by atoms with Crippen molar-refractivity contribution in [1.82, 2.24) is 14.9 Å². The van der Waals surface area contributed by atoms with E-state index in [1.165, 1.54) is 18.2 Å². The number of amides is 2. The van der Waals surface area contributed by atoms with E-state index >= 15 is 0 Å². The van der Waals surface area contributed by atoms with E-state index in [-0.39, 0.29) is 47.0 Å². The number of nitrogens with zero attached hydrogens (tertiary/aromatic N) is 1. The van der Waals surface area contributed by atoms with Gasteiger partial charge in [0.15, 0.2) is 0 Å². The molecule has 0 saturated carbocycles. The second kappa shape index (κ2) is 8.34. The molecule has 1 atom stereocenters. The molecule has 1 unspecified atom stereocenters. The maximum Gasteiger partial charge on any atom is 0.269 e. The molecule has 0 spiro atoms. The SMILES string of the molecule is CNCCNC(=O)c1ccc2c(c1)S(=O)(=O)N(CC1CCCO1)C2=O.Cl. The van der Waals surface area contributed by atoms with Crippen LogP contribution in [0.5, 0.6) is 0 Å². The number of carbonyl (C=O) groups is 2. The fourth-order valence-electron chi connectivity index (χ4n) is 2.97. The molecule has 0 aliphatic carbocycles. The predicted molar refractivity (Wildman–Crippen MR) is 97.1 cm³/mol. The van der Waals surface area contributed by atoms with Crippen LogP contribution in [0.2, 0.25) is 0 Å². The average Bonchev–Trinajstić information content (AvgIpc) is 3.17. The van der Waals surface area contributed by atoms with Gasteiger partial charge in [0.25, 0.3) is 21.8 Å². The molecule has 2 amide bonds. The zero-order chi connectivity index (χ0) is 18.0. The van der Waals surface area contributed by atoms with Crippen molar-refractivity contribution >= 4 is 34.2 Å². The smallest absolute Gasteiger partial charge is 0.269 e. The number of likely N-dealkylation sites (N-methyl/N-ethyl adjacent to an activating group) is 1. The van der Waals surface area contributed by atoms with Crippen molar-refractivity contribution < 1.29 is 22.7 Å². The number of ether oxygens (including phenoxy) is 1. The van der Waals surface area contributed by atoms with Gasteiger partial charge in [-0.2, -0.15) is 0 Å². The van der Waals surface area contributed by atoms with E-state index in [1.54, 1.807) is 7.05 Å². The molecule has 0 bridgehead atoms. The minimum atomic E-state index is -3.95. The van der Waals surface area contributed by atoms with Crippen LogP contribution in [0.25, 0.3) is 0 Å². The predicted octanol–water partition coefficient (Wildman–Crippen LogP) is 0.381. The fraction of sp³-hybridized carbons (Fsp3) is 0.500. The first-order chi connectivity index (χ1) is 11.9. The van der Waals surface area contributed by atoms with Crippen LogP contribution in [0, 0.1) is 0 Å². The van der Waals surface area contributed by atoms with Gasteiger partial charge in [0.2, 0.25) is 0 Å². The molecule has 144 valence electrons. The monoisotopic (exact) mass is 403 g/mol. The van der Waals surface area contributed by atoms with Gasteiger partial charge in [0.05, 0.1) is 18.2 Å². The van der Waals surface area contributed by atoms with Crippen molar-refractivity contribution in [2.75, 3.05) is 33.3 Å². The summed E-state index contributed by atoms with van der Waals surface area (Å²) in [6, 6.07) is 4.14. The molecule has 2 aliphatic rings. The summed E-state index contributed by atoms with van der Waals surface area (Å²) in [5.74, 6) is -0.939. The molecule has 1 aromatic rings. The summed E-state index contributed by atoms with van der Waals surface area (Å²) in [4.78, 5) is 24.5. The number of nitrogens with one attached hydrogen (secondary N) is 2. The van der Waals surface area contributed by atoms with Crippen LogP contribution in [-0.2, 0) is 14.8 Å². The van der Waals surface area contributed by atoms with Crippen molar-refractivity contribution in [3.05, 3.63) is 29.3 Å². The molecular weight excluding hydrogens is 382 g/mol. The summed E-state index contributed by atoms with van der Waals surface area (Å²) in [5.41, 5.74) is 0.315. The highest BCUT2D eigenvalue weighted by Gasteiger charge is 2.43. The molecule has 1 saturated heterocycles. The third kappa shape index (κ3) is 3.85. The number of rotatable bonds is 6. The Morgan fingerprint density at radius 2 is 2.12 bits per heavy atom. The van der Waals surface area contributed by atoms with Crippen LogP contribution < -0.4 is 10.6 Å². The van der Waals surface area contributed by atoms with Crippen molar-refractivity contribution in [2.24, 2.45) is 0 Å². The van der Waals surface area contributed by atoms with E-state index in [1.807, 2.05) is 0 Å². The Balaban J connectivity index is 0.00000243. The van der Waals surface area contributed by atoms with Gasteiger partial charge in [0, 0.05) is 25.3 Å². The molecule has 26 heavy (non-hydrogen) atoms. The number of hydrogen-bond donors (Lipinski definition) is 2. The number of fused-ring (bicyclic) bond motifs is 1. The van der Waals surface area contributed by atoms with Gasteiger partial charge in [0.1, 0.15) is 4.90 Å². The Kier molecular flexibility index (Phi) is 6.62. The van der Waals surface area contributed by atoms with Crippen molar-refractivity contribution in [3.63, 3.8) is 0 Å². The molecule has 0 aromatic heterocycles. The molecule has 0 radical (unpaired) electrons. The molecule has 3 rings (SSSR count). The molecule has 2 heterocycles. The third-order valence-corrected chi connectivity index (χ3v) is 6.11. The van der Waals surface area contributed by atoms with Crippen LogP contribution in [-0.4, -0.2) is 63.9 Å². The Bertz CT molecular complexity index is 793. The van der Waals surface area contributed by atoms with Crippen molar-refractivity contribution in [1.29, 1.82) is 0 Å². The first kappa shape index (κ1) is 20.6. The topological polar surface area (TPSA) is 105 Å². The average molecular weight is 404 g/mol. The summed E-state index contributed by atoms with van der Waals surface area (Å²) >= 11 is 0. The Hall–Kier alpha value is -1.68. The van der Waals surface area contributed by atoms with E-state index in [2.05, 4.69) is 10.6 Å². The van der Waals surface area contributed by atoms with E-state index in [0.29, 0.717) is 19.7 Å². The molecule has 2 N–H and O–H groups in total. The maximum absolute atomic E-state index is 12.7. The summed E-state index contributed by atoms with van der Waals surface area (Å²) in [6.45, 7) is 1.61. The van der Waals surface area contributed by atoms with E-state index < -0.39 is 15.9 Å². The highest BCUT2D eigenvalue weighted by molar-refractivity contribution is 7.90. The second-order valence-corrected chi connectivity index (χ2v) is 7.88. The molecule has 8 nitrogen and oxygen atoms in total. The van der Waals surface area contributed by atoms with Gasteiger partial charge < -0.3 is 15.4 Å². The van der Waals surface area contributed by atoms with Gasteiger partial charge >= 0.3 is 0 Å². The van der Waals surface area contributed by atoms with Gasteiger partial charge in [-0.1, -0.05) is 0 Å². The summed E-state index contributed by atoms with van der Waals surface area (Å²) in [5, 5.41) is 5.59. The zero-order valence-electron chi connectivity index (χ0n) is 14.4. The molecule has 2 aliphatic heterocycles. The second-order valence-electron chi connectivity index (χ2n) is 6.05. The van der Waals surface area contributed by atoms with E-state index in [9.17, 15) is 18.0 Å². The number of halogens is 1. The van der Waals surface area contributed by atoms with Gasteiger partial charge in [-0.25, -0.2) is 12.7 Å². The lowest BCUT2D eigenvalue weighted by Gasteiger charge is -2.18. The van der Waals surface area contributed by atoms with Crippen LogP contribution in [0.4, 0.5) is 0 Å². The number of carbonyl (C=O) groups excluding carboxylic acids is 2. The van der Waals surface area contributed by atoms with Crippen molar-refractivity contribution in [2.45, 2.75) is 23.8 Å². The summed E-state index contributed by atoms with van der Waals surface area (Å²) < 4.78 is 31.8. The first-order valence-corrected chi connectivity index (χ1v) is 9.64. The number of hydrogen-bond acceptors (Lipinski definition) is 6. The lowest BCUT2D eigenvalue weighted by Crippen LogP contribution is -2.36. The summed E-state index contributed by atoms with van der Waals surface area (Å²) in [6.07, 6.45) is 1.32. The quantitative estimate of drug-likeness (QED) is 0.665. The van der Waals surface area contributed by atoms with Gasteiger partial charge in [-0.05, 0) is 38.1 Å². The van der Waals surface area contributed by atoms with Crippen LogP contribution >= 0.6 is 12.4 Å². The Morgan fingerprint density at radius 1 is 1.35 bits per heavy atom. The lowest BCUT2D eigenvalue weighted by atomic mass is 10.1. The highest BCUT2D eigenvalue weighted by atomic mass is 35.5. The van der Waals surface area contributed by atoms with E-state index in [4.69, 9.17) is 4.74 Å². The maximum atomic E-state index is 12.7. The van der Waals surface area contributed by atoms with Gasteiger partial charge in [-0.15, -0.1) is 12.4 Å². The highest BCUT2D eigenvalue weighted by Crippen LogP contribution is 2.32. The van der Waals surface area contributed by atoms with Gasteiger partial charge in [-0.3, -0.25) is 9.59 Å². The number of sulfonamides is 1. The zero-order valence-corrected chi connectivity index (χ0v) is 16.0. The van der Waals surface area contributed by atoms with Crippen LogP contribution in [0.15, 0.2) is 23.1 Å². The van der Waals surface area contributed by atoms with E-state index in [0.717, 1.165) is 17.1 Å².